The maximum Gasteiger partial charge on any atom is 0.230 e. The average molecular weight is 891 g/mol. The van der Waals surface area contributed by atoms with Crippen molar-refractivity contribution < 1.29 is 33.2 Å². The fourth-order valence-electron chi connectivity index (χ4n) is 9.20. The molecule has 0 atom stereocenters. The first-order chi connectivity index (χ1) is 32.2. The van der Waals surface area contributed by atoms with E-state index in [4.69, 9.17) is 28.4 Å². The standard InChI is InChI=1S/C28H31N3O4.C25H27N3O3/c1-18-10-21-4-5-23(12-22(21)11-18)35-28-24-13-26(33-3)27(14-25(24)29-17-30-28)34-16-20-6-8-31(9-7-20)15-19(2)32;1-16-9-18-3-4-20(11-19(18)10-16)31-25-21-12-23(29-2)24(13-22(21)27-15-28-25)30-14-17-5-7-26-8-6-17/h4-5,11-14,17,20H,6-10,15-16H2,1-3H3;3-4,10-13,15,17,26H,5-9,14H2,1-2H3. The molecule has 0 radical (unpaired) electrons. The Kier molecular flexibility index (Phi) is 13.7. The quantitative estimate of drug-likeness (QED) is 0.111. The van der Waals surface area contributed by atoms with Gasteiger partial charge in [-0.25, -0.2) is 19.9 Å². The highest BCUT2D eigenvalue weighted by molar-refractivity contribution is 5.88. The van der Waals surface area contributed by atoms with Crippen molar-refractivity contribution >= 4 is 39.7 Å². The van der Waals surface area contributed by atoms with Crippen LogP contribution in [0.5, 0.6) is 46.3 Å². The van der Waals surface area contributed by atoms with E-state index in [1.165, 1.54) is 46.1 Å². The maximum absolute atomic E-state index is 11.4. The number of nitrogens with one attached hydrogen (secondary N) is 1. The predicted octanol–water partition coefficient (Wildman–Crippen LogP) is 9.84. The van der Waals surface area contributed by atoms with E-state index in [9.17, 15) is 4.79 Å². The number of benzene rings is 4. The third-order valence-electron chi connectivity index (χ3n) is 12.7. The Balaban J connectivity index is 0.000000167. The SMILES string of the molecule is COc1cc2c(Oc3ccc4c(c3)C=C(C)C4)ncnc2cc1OCC1CCN(CC(C)=O)CC1.COc1cc2c(Oc3ccc4c(c3)C=C(C)C4)ncnc2cc1OCC1CCNCC1. The lowest BCUT2D eigenvalue weighted by molar-refractivity contribution is -0.118. The summed E-state index contributed by atoms with van der Waals surface area (Å²) in [5.74, 6) is 6.36. The van der Waals surface area contributed by atoms with Crippen molar-refractivity contribution in [3.8, 4) is 46.3 Å². The van der Waals surface area contributed by atoms with Crippen LogP contribution in [0, 0.1) is 11.8 Å². The minimum absolute atomic E-state index is 0.217. The largest absolute Gasteiger partial charge is 0.493 e. The van der Waals surface area contributed by atoms with Gasteiger partial charge in [-0.3, -0.25) is 9.69 Å². The smallest absolute Gasteiger partial charge is 0.230 e. The van der Waals surface area contributed by atoms with Crippen molar-refractivity contribution in [1.82, 2.24) is 30.2 Å². The Bertz CT molecular complexity index is 2790. The first-order valence-electron chi connectivity index (χ1n) is 23.0. The summed E-state index contributed by atoms with van der Waals surface area (Å²) in [4.78, 5) is 31.2. The van der Waals surface area contributed by atoms with Gasteiger partial charge in [0.1, 0.15) is 29.9 Å². The Morgan fingerprint density at radius 3 is 1.59 bits per heavy atom. The van der Waals surface area contributed by atoms with Crippen LogP contribution < -0.4 is 33.7 Å². The molecule has 0 bridgehead atoms. The lowest BCUT2D eigenvalue weighted by Gasteiger charge is -2.31. The van der Waals surface area contributed by atoms with Gasteiger partial charge in [0, 0.05) is 12.1 Å². The van der Waals surface area contributed by atoms with Crippen molar-refractivity contribution in [3.05, 3.63) is 107 Å². The van der Waals surface area contributed by atoms with Crippen LogP contribution >= 0.6 is 0 Å². The number of rotatable bonds is 14. The number of methoxy groups -OCH3 is 2. The Morgan fingerprint density at radius 1 is 0.636 bits per heavy atom. The Labute approximate surface area is 386 Å². The van der Waals surface area contributed by atoms with Gasteiger partial charge in [-0.2, -0.15) is 0 Å². The lowest BCUT2D eigenvalue weighted by atomic mass is 9.97. The summed E-state index contributed by atoms with van der Waals surface area (Å²) in [6.07, 6.45) is 13.7. The van der Waals surface area contributed by atoms with Gasteiger partial charge in [-0.15, -0.1) is 0 Å². The van der Waals surface area contributed by atoms with E-state index in [1.54, 1.807) is 21.1 Å². The summed E-state index contributed by atoms with van der Waals surface area (Å²) in [6, 6.07) is 19.9. The first kappa shape index (κ1) is 44.6. The number of nitrogens with zero attached hydrogens (tertiary/aromatic N) is 5. The van der Waals surface area contributed by atoms with Crippen LogP contribution in [0.3, 0.4) is 0 Å². The zero-order valence-corrected chi connectivity index (χ0v) is 38.5. The van der Waals surface area contributed by atoms with Crippen molar-refractivity contribution in [1.29, 1.82) is 0 Å². The fraction of sp³-hybridized carbons (Fsp3) is 0.377. The van der Waals surface area contributed by atoms with Gasteiger partial charge in [0.2, 0.25) is 11.8 Å². The van der Waals surface area contributed by atoms with Crippen molar-refractivity contribution in [2.75, 3.05) is 60.2 Å². The molecule has 1 N–H and O–H groups in total. The first-order valence-corrected chi connectivity index (χ1v) is 23.0. The van der Waals surface area contributed by atoms with E-state index >= 15 is 0 Å². The van der Waals surface area contributed by atoms with E-state index in [0.29, 0.717) is 66.4 Å². The third kappa shape index (κ3) is 10.6. The number of fused-ring (bicyclic) bond motifs is 4. The van der Waals surface area contributed by atoms with E-state index in [0.717, 1.165) is 98.0 Å². The highest BCUT2D eigenvalue weighted by Crippen LogP contribution is 2.39. The van der Waals surface area contributed by atoms with Crippen LogP contribution in [0.2, 0.25) is 0 Å². The van der Waals surface area contributed by atoms with Gasteiger partial charge in [-0.1, -0.05) is 35.4 Å². The monoisotopic (exact) mass is 890 g/mol. The topological polar surface area (TPSA) is 139 Å². The molecule has 2 fully saturated rings. The second-order valence-corrected chi connectivity index (χ2v) is 17.9. The number of ether oxygens (including phenoxy) is 6. The summed E-state index contributed by atoms with van der Waals surface area (Å²) in [5.41, 5.74) is 9.26. The molecule has 4 aromatic carbocycles. The van der Waals surface area contributed by atoms with Crippen LogP contribution in [0.1, 0.15) is 68.7 Å². The summed E-state index contributed by atoms with van der Waals surface area (Å²) in [6.45, 7) is 11.7. The van der Waals surface area contributed by atoms with Crippen molar-refractivity contribution in [3.63, 3.8) is 0 Å². The molecule has 0 spiro atoms. The predicted molar refractivity (Wildman–Crippen MR) is 256 cm³/mol. The molecule has 6 aromatic rings. The minimum atomic E-state index is 0.217. The molecule has 2 saturated heterocycles. The number of ketones is 1. The summed E-state index contributed by atoms with van der Waals surface area (Å²) in [7, 11) is 3.28. The van der Waals surface area contributed by atoms with Crippen LogP contribution in [0.15, 0.2) is 84.5 Å². The molecular weight excluding hydrogens is 833 g/mol. The highest BCUT2D eigenvalue weighted by atomic mass is 16.5. The summed E-state index contributed by atoms with van der Waals surface area (Å²) < 4.78 is 35.9. The van der Waals surface area contributed by atoms with Crippen LogP contribution in [0.25, 0.3) is 34.0 Å². The average Bonchev–Trinajstić information content (AvgIpc) is 3.90. The normalized spacial score (nSPS) is 16.1. The number of carbonyl (C=O) groups is 1. The highest BCUT2D eigenvalue weighted by Gasteiger charge is 2.23. The number of piperidine rings is 2. The molecule has 66 heavy (non-hydrogen) atoms. The van der Waals surface area contributed by atoms with E-state index < -0.39 is 0 Å². The number of carbonyl (C=O) groups excluding carboxylic acids is 1. The number of Topliss-reactive ketones (excluding diaryl/α,β-unsaturated/α-hetero) is 1. The van der Waals surface area contributed by atoms with Crippen LogP contribution in [-0.2, 0) is 17.6 Å². The molecule has 10 rings (SSSR count). The number of allylic oxidation sites excluding steroid dienone is 2. The molecule has 342 valence electrons. The molecule has 4 aliphatic rings. The number of likely N-dealkylation sites (tertiary alicyclic amines) is 1. The number of hydrogen-bond acceptors (Lipinski definition) is 13. The zero-order chi connectivity index (χ0) is 45.6. The van der Waals surface area contributed by atoms with E-state index in [-0.39, 0.29) is 5.78 Å². The van der Waals surface area contributed by atoms with Gasteiger partial charge in [0.05, 0.1) is 55.8 Å². The van der Waals surface area contributed by atoms with Gasteiger partial charge in [0.25, 0.3) is 0 Å². The number of aromatic nitrogens is 4. The second-order valence-electron chi connectivity index (χ2n) is 17.9. The van der Waals surface area contributed by atoms with E-state index in [2.05, 4.69) is 80.4 Å². The minimum Gasteiger partial charge on any atom is -0.493 e. The molecule has 0 amide bonds. The molecule has 2 aromatic heterocycles. The van der Waals surface area contributed by atoms with Crippen molar-refractivity contribution in [2.45, 2.75) is 59.3 Å². The molecule has 2 aliphatic carbocycles. The molecule has 2 aliphatic heterocycles. The maximum atomic E-state index is 11.4. The van der Waals surface area contributed by atoms with Crippen molar-refractivity contribution in [2.24, 2.45) is 11.8 Å². The van der Waals surface area contributed by atoms with Gasteiger partial charge < -0.3 is 33.7 Å². The van der Waals surface area contributed by atoms with Gasteiger partial charge in [-0.05, 0) is 156 Å². The molecule has 0 unspecified atom stereocenters. The van der Waals surface area contributed by atoms with Crippen LogP contribution in [-0.4, -0.2) is 90.8 Å². The van der Waals surface area contributed by atoms with E-state index in [1.807, 2.05) is 36.4 Å². The third-order valence-corrected chi connectivity index (χ3v) is 12.7. The molecule has 13 heteroatoms. The molecular formula is C53H58N6O7. The fourth-order valence-corrected chi connectivity index (χ4v) is 9.20. The summed E-state index contributed by atoms with van der Waals surface area (Å²) in [5, 5.41) is 4.94. The number of hydrogen-bond donors (Lipinski definition) is 1. The van der Waals surface area contributed by atoms with Crippen LogP contribution in [0.4, 0.5) is 0 Å². The summed E-state index contributed by atoms with van der Waals surface area (Å²) >= 11 is 0. The molecule has 4 heterocycles. The Hall–Kier alpha value is -6.57. The second kappa shape index (κ2) is 20.3. The van der Waals surface area contributed by atoms with Gasteiger partial charge >= 0.3 is 0 Å². The zero-order valence-electron chi connectivity index (χ0n) is 38.5. The Morgan fingerprint density at radius 2 is 1.12 bits per heavy atom. The molecule has 13 nitrogen and oxygen atoms in total. The lowest BCUT2D eigenvalue weighted by Crippen LogP contribution is -2.38. The van der Waals surface area contributed by atoms with Gasteiger partial charge in [0.15, 0.2) is 23.0 Å². The molecule has 0 saturated carbocycles.